The van der Waals surface area contributed by atoms with Crippen molar-refractivity contribution in [1.82, 2.24) is 9.80 Å². The van der Waals surface area contributed by atoms with E-state index in [9.17, 15) is 9.59 Å². The maximum absolute atomic E-state index is 12.7. The van der Waals surface area contributed by atoms with Crippen LogP contribution in [0.15, 0.2) is 18.2 Å². The number of nitrogens with two attached hydrogens (primary N) is 1. The first-order valence-corrected chi connectivity index (χ1v) is 8.82. The molecule has 0 spiro atoms. The fourth-order valence-corrected chi connectivity index (χ4v) is 3.24. The van der Waals surface area contributed by atoms with Crippen molar-refractivity contribution in [2.45, 2.75) is 39.2 Å². The largest absolute Gasteiger partial charge is 0.496 e. The van der Waals surface area contributed by atoms with Gasteiger partial charge in [-0.3, -0.25) is 9.59 Å². The van der Waals surface area contributed by atoms with Gasteiger partial charge in [-0.25, -0.2) is 0 Å². The minimum Gasteiger partial charge on any atom is -0.496 e. The molecule has 138 valence electrons. The predicted molar refractivity (Wildman–Crippen MR) is 97.7 cm³/mol. The molecule has 1 aromatic carbocycles. The molecule has 2 N–H and O–H groups in total. The van der Waals surface area contributed by atoms with E-state index in [2.05, 4.69) is 0 Å². The Morgan fingerprint density at radius 1 is 1.20 bits per heavy atom. The average Bonchev–Trinajstić information content (AvgIpc) is 2.61. The van der Waals surface area contributed by atoms with Gasteiger partial charge in [0, 0.05) is 31.7 Å². The van der Waals surface area contributed by atoms with Gasteiger partial charge in [-0.15, -0.1) is 0 Å². The average molecular weight is 347 g/mol. The Morgan fingerprint density at radius 2 is 1.80 bits per heavy atom. The van der Waals surface area contributed by atoms with E-state index >= 15 is 0 Å². The number of carbonyl (C=O) groups is 2. The predicted octanol–water partition coefficient (Wildman–Crippen LogP) is 1.81. The van der Waals surface area contributed by atoms with Gasteiger partial charge in [-0.05, 0) is 38.0 Å². The molecule has 0 aromatic heterocycles. The van der Waals surface area contributed by atoms with Gasteiger partial charge >= 0.3 is 0 Å². The van der Waals surface area contributed by atoms with Crippen molar-refractivity contribution in [1.29, 1.82) is 0 Å². The van der Waals surface area contributed by atoms with E-state index in [1.807, 2.05) is 26.0 Å². The Kier molecular flexibility index (Phi) is 6.06. The summed E-state index contributed by atoms with van der Waals surface area (Å²) in [4.78, 5) is 28.8. The fourth-order valence-electron chi connectivity index (χ4n) is 3.24. The summed E-state index contributed by atoms with van der Waals surface area (Å²) in [5, 5.41) is 0. The first-order valence-electron chi connectivity index (χ1n) is 8.82. The fraction of sp³-hybridized carbons (Fsp3) is 0.579. The Hall–Kier alpha value is -2.08. The Morgan fingerprint density at radius 3 is 2.36 bits per heavy atom. The van der Waals surface area contributed by atoms with Crippen LogP contribution in [0.25, 0.3) is 0 Å². The molecule has 6 heteroatoms. The van der Waals surface area contributed by atoms with Crippen molar-refractivity contribution in [3.8, 4) is 5.75 Å². The number of benzene rings is 1. The van der Waals surface area contributed by atoms with E-state index in [4.69, 9.17) is 10.5 Å². The highest BCUT2D eigenvalue weighted by molar-refractivity contribution is 5.95. The molecule has 2 amide bonds. The molecule has 0 aliphatic carbocycles. The molecule has 1 atom stereocenters. The van der Waals surface area contributed by atoms with Crippen molar-refractivity contribution in [2.75, 3.05) is 33.3 Å². The number of nitrogens with zero attached hydrogens (tertiary/aromatic N) is 2. The minimum absolute atomic E-state index is 0.0292. The zero-order chi connectivity index (χ0) is 18.6. The summed E-state index contributed by atoms with van der Waals surface area (Å²) in [6.45, 7) is 7.82. The lowest BCUT2D eigenvalue weighted by molar-refractivity contribution is -0.138. The molecule has 1 aromatic rings. The van der Waals surface area contributed by atoms with Gasteiger partial charge in [0.2, 0.25) is 5.91 Å². The van der Waals surface area contributed by atoms with Crippen molar-refractivity contribution in [3.05, 3.63) is 29.3 Å². The molecule has 25 heavy (non-hydrogen) atoms. The lowest BCUT2D eigenvalue weighted by atomic mass is 9.95. The summed E-state index contributed by atoms with van der Waals surface area (Å²) in [7, 11) is 1.60. The molecule has 0 saturated carbocycles. The SMILES string of the molecule is CCCC(C)(N)C(=O)N1CCN(C(=O)c2ccc(C)c(OC)c2)CC1. The van der Waals surface area contributed by atoms with E-state index in [1.54, 1.807) is 29.9 Å². The second-order valence-corrected chi connectivity index (χ2v) is 6.94. The van der Waals surface area contributed by atoms with Crippen LogP contribution < -0.4 is 10.5 Å². The van der Waals surface area contributed by atoms with Gasteiger partial charge in [-0.2, -0.15) is 0 Å². The molecule has 2 rings (SSSR count). The Balaban J connectivity index is 2.00. The minimum atomic E-state index is -0.828. The van der Waals surface area contributed by atoms with E-state index < -0.39 is 5.54 Å². The Bertz CT molecular complexity index is 635. The number of amides is 2. The van der Waals surface area contributed by atoms with E-state index in [1.165, 1.54) is 0 Å². The van der Waals surface area contributed by atoms with Crippen LogP contribution in [0.4, 0.5) is 0 Å². The second kappa shape index (κ2) is 7.87. The van der Waals surface area contributed by atoms with Gasteiger partial charge in [-0.1, -0.05) is 19.4 Å². The number of ether oxygens (including phenoxy) is 1. The molecular formula is C19H29N3O3. The highest BCUT2D eigenvalue weighted by atomic mass is 16.5. The number of hydrogen-bond donors (Lipinski definition) is 1. The standard InChI is InChI=1S/C19H29N3O3/c1-5-8-19(3,20)18(24)22-11-9-21(10-12-22)17(23)15-7-6-14(2)16(13-15)25-4/h6-7,13H,5,8-12,20H2,1-4H3. The number of hydrogen-bond acceptors (Lipinski definition) is 4. The summed E-state index contributed by atoms with van der Waals surface area (Å²) < 4.78 is 5.29. The monoisotopic (exact) mass is 347 g/mol. The maximum Gasteiger partial charge on any atom is 0.254 e. The molecule has 1 aliphatic heterocycles. The molecular weight excluding hydrogens is 318 g/mol. The summed E-state index contributed by atoms with van der Waals surface area (Å²) in [5.41, 5.74) is 6.92. The molecule has 0 bridgehead atoms. The van der Waals surface area contributed by atoms with Gasteiger partial charge < -0.3 is 20.3 Å². The summed E-state index contributed by atoms with van der Waals surface area (Å²) >= 11 is 0. The van der Waals surface area contributed by atoms with Crippen LogP contribution in [0.3, 0.4) is 0 Å². The lowest BCUT2D eigenvalue weighted by Gasteiger charge is -2.38. The van der Waals surface area contributed by atoms with E-state index in [-0.39, 0.29) is 11.8 Å². The van der Waals surface area contributed by atoms with Crippen molar-refractivity contribution >= 4 is 11.8 Å². The third-order valence-electron chi connectivity index (χ3n) is 4.77. The zero-order valence-corrected chi connectivity index (χ0v) is 15.7. The molecule has 1 saturated heterocycles. The summed E-state index contributed by atoms with van der Waals surface area (Å²) in [6.07, 6.45) is 1.53. The molecule has 1 heterocycles. The first-order chi connectivity index (χ1) is 11.8. The lowest BCUT2D eigenvalue weighted by Crippen LogP contribution is -2.58. The normalized spacial score (nSPS) is 17.2. The highest BCUT2D eigenvalue weighted by Gasteiger charge is 2.34. The van der Waals surface area contributed by atoms with E-state index in [0.717, 1.165) is 12.0 Å². The van der Waals surface area contributed by atoms with Gasteiger partial charge in [0.05, 0.1) is 12.6 Å². The quantitative estimate of drug-likeness (QED) is 0.881. The highest BCUT2D eigenvalue weighted by Crippen LogP contribution is 2.21. The van der Waals surface area contributed by atoms with Crippen molar-refractivity contribution < 1.29 is 14.3 Å². The van der Waals surface area contributed by atoms with Gasteiger partial charge in [0.1, 0.15) is 5.75 Å². The number of aryl methyl sites for hydroxylation is 1. The zero-order valence-electron chi connectivity index (χ0n) is 15.7. The van der Waals surface area contributed by atoms with Crippen molar-refractivity contribution in [2.24, 2.45) is 5.73 Å². The van der Waals surface area contributed by atoms with Crippen LogP contribution in [0, 0.1) is 6.92 Å². The molecule has 0 radical (unpaired) electrons. The molecule has 1 unspecified atom stereocenters. The summed E-state index contributed by atoms with van der Waals surface area (Å²) in [5.74, 6) is 0.644. The van der Waals surface area contributed by atoms with Crippen LogP contribution in [0.1, 0.15) is 42.6 Å². The number of methoxy groups -OCH3 is 1. The molecule has 1 aliphatic rings. The second-order valence-electron chi connectivity index (χ2n) is 6.94. The molecule has 6 nitrogen and oxygen atoms in total. The third-order valence-corrected chi connectivity index (χ3v) is 4.77. The van der Waals surface area contributed by atoms with Gasteiger partial charge in [0.15, 0.2) is 0 Å². The van der Waals surface area contributed by atoms with Crippen LogP contribution in [-0.4, -0.2) is 60.4 Å². The van der Waals surface area contributed by atoms with E-state index in [0.29, 0.717) is 43.9 Å². The van der Waals surface area contributed by atoms with Crippen LogP contribution in [-0.2, 0) is 4.79 Å². The van der Waals surface area contributed by atoms with Gasteiger partial charge in [0.25, 0.3) is 5.91 Å². The first kappa shape index (κ1) is 19.2. The molecule has 1 fully saturated rings. The van der Waals surface area contributed by atoms with Crippen LogP contribution in [0.5, 0.6) is 5.75 Å². The summed E-state index contributed by atoms with van der Waals surface area (Å²) in [6, 6.07) is 5.47. The topological polar surface area (TPSA) is 75.9 Å². The third kappa shape index (κ3) is 4.31. The number of carbonyl (C=O) groups excluding carboxylic acids is 2. The Labute approximate surface area is 149 Å². The number of rotatable bonds is 5. The number of piperazine rings is 1. The van der Waals surface area contributed by atoms with Crippen LogP contribution >= 0.6 is 0 Å². The smallest absolute Gasteiger partial charge is 0.254 e. The van der Waals surface area contributed by atoms with Crippen LogP contribution in [0.2, 0.25) is 0 Å². The van der Waals surface area contributed by atoms with Crippen molar-refractivity contribution in [3.63, 3.8) is 0 Å². The maximum atomic E-state index is 12.7.